The van der Waals surface area contributed by atoms with E-state index in [0.717, 1.165) is 25.3 Å². The minimum absolute atomic E-state index is 0.113. The molecule has 0 fully saturated rings. The summed E-state index contributed by atoms with van der Waals surface area (Å²) in [7, 11) is 2.08. The Bertz CT molecular complexity index is 446. The first-order valence-corrected chi connectivity index (χ1v) is 7.11. The van der Waals surface area contributed by atoms with Gasteiger partial charge in [0.05, 0.1) is 19.3 Å². The number of hydrogen-bond donors (Lipinski definition) is 1. The van der Waals surface area contributed by atoms with E-state index >= 15 is 0 Å². The molecule has 110 valence electrons. The van der Waals surface area contributed by atoms with Gasteiger partial charge >= 0.3 is 0 Å². The Morgan fingerprint density at radius 2 is 2.05 bits per heavy atom. The Hall–Kier alpha value is -1.34. The number of ether oxygens (including phenoxy) is 1. The summed E-state index contributed by atoms with van der Waals surface area (Å²) in [5, 5.41) is 8.78. The Morgan fingerprint density at radius 1 is 1.30 bits per heavy atom. The van der Waals surface area contributed by atoms with Crippen molar-refractivity contribution in [3.63, 3.8) is 0 Å². The summed E-state index contributed by atoms with van der Waals surface area (Å²) in [6.45, 7) is 6.70. The fraction of sp³-hybridized carbons (Fsp3) is 0.529. The molecule has 3 heteroatoms. The van der Waals surface area contributed by atoms with E-state index in [0.29, 0.717) is 6.42 Å². The van der Waals surface area contributed by atoms with Crippen LogP contribution in [0.25, 0.3) is 0 Å². The molecular weight excluding hydrogens is 250 g/mol. The summed E-state index contributed by atoms with van der Waals surface area (Å²) in [5.41, 5.74) is 2.25. The van der Waals surface area contributed by atoms with E-state index in [9.17, 15) is 0 Å². The largest absolute Gasteiger partial charge is 0.395 e. The van der Waals surface area contributed by atoms with Crippen LogP contribution in [0.2, 0.25) is 0 Å². The van der Waals surface area contributed by atoms with Crippen LogP contribution >= 0.6 is 0 Å². The predicted octanol–water partition coefficient (Wildman–Crippen LogP) is 2.28. The Labute approximate surface area is 122 Å². The van der Waals surface area contributed by atoms with E-state index in [1.54, 1.807) is 0 Å². The second kappa shape index (κ2) is 9.55. The molecule has 0 aliphatic rings. The van der Waals surface area contributed by atoms with Gasteiger partial charge in [0.2, 0.25) is 0 Å². The van der Waals surface area contributed by atoms with Gasteiger partial charge in [-0.3, -0.25) is 4.90 Å². The Balaban J connectivity index is 2.56. The quantitative estimate of drug-likeness (QED) is 0.775. The highest BCUT2D eigenvalue weighted by Crippen LogP contribution is 2.10. The smallest absolute Gasteiger partial charge is 0.0596 e. The van der Waals surface area contributed by atoms with Crippen LogP contribution in [0.5, 0.6) is 0 Å². The van der Waals surface area contributed by atoms with Crippen molar-refractivity contribution >= 4 is 0 Å². The van der Waals surface area contributed by atoms with Gasteiger partial charge in [0.1, 0.15) is 0 Å². The van der Waals surface area contributed by atoms with Gasteiger partial charge in [0.15, 0.2) is 0 Å². The monoisotopic (exact) mass is 275 g/mol. The van der Waals surface area contributed by atoms with Gasteiger partial charge in [-0.25, -0.2) is 0 Å². The lowest BCUT2D eigenvalue weighted by Crippen LogP contribution is -2.24. The zero-order chi connectivity index (χ0) is 14.8. The van der Waals surface area contributed by atoms with Crippen LogP contribution in [0, 0.1) is 11.8 Å². The maximum absolute atomic E-state index is 8.78. The third-order valence-corrected chi connectivity index (χ3v) is 2.84. The summed E-state index contributed by atoms with van der Waals surface area (Å²) < 4.78 is 5.56. The molecule has 1 aromatic carbocycles. The van der Waals surface area contributed by atoms with E-state index in [-0.39, 0.29) is 12.7 Å². The van der Waals surface area contributed by atoms with Crippen molar-refractivity contribution < 1.29 is 9.84 Å². The molecule has 0 unspecified atom stereocenters. The average molecular weight is 275 g/mol. The molecule has 0 aliphatic heterocycles. The van der Waals surface area contributed by atoms with Crippen LogP contribution in [0.3, 0.4) is 0 Å². The summed E-state index contributed by atoms with van der Waals surface area (Å²) in [6.07, 6.45) is 0.798. The fourth-order valence-electron chi connectivity index (χ4n) is 1.81. The third kappa shape index (κ3) is 6.72. The summed E-state index contributed by atoms with van der Waals surface area (Å²) in [5.74, 6) is 6.11. The van der Waals surface area contributed by atoms with Crippen molar-refractivity contribution in [3.05, 3.63) is 35.4 Å². The van der Waals surface area contributed by atoms with Crippen LogP contribution in [0.4, 0.5) is 0 Å². The molecule has 1 N–H and O–H groups in total. The number of benzene rings is 1. The number of likely N-dealkylation sites (N-methyl/N-ethyl adjacent to an activating group) is 1. The van der Waals surface area contributed by atoms with Gasteiger partial charge in [-0.2, -0.15) is 0 Å². The highest BCUT2D eigenvalue weighted by molar-refractivity contribution is 5.41. The minimum atomic E-state index is 0.113. The van der Waals surface area contributed by atoms with Crippen molar-refractivity contribution in [1.82, 2.24) is 4.90 Å². The highest BCUT2D eigenvalue weighted by atomic mass is 16.5. The van der Waals surface area contributed by atoms with E-state index in [4.69, 9.17) is 9.84 Å². The van der Waals surface area contributed by atoms with Crippen LogP contribution in [0.15, 0.2) is 24.3 Å². The van der Waals surface area contributed by atoms with Crippen molar-refractivity contribution in [2.45, 2.75) is 32.9 Å². The van der Waals surface area contributed by atoms with Gasteiger partial charge in [0.25, 0.3) is 0 Å². The normalized spacial score (nSPS) is 10.7. The zero-order valence-electron chi connectivity index (χ0n) is 12.7. The topological polar surface area (TPSA) is 32.7 Å². The van der Waals surface area contributed by atoms with E-state index in [2.05, 4.69) is 29.9 Å². The maximum atomic E-state index is 8.78. The van der Waals surface area contributed by atoms with Crippen LogP contribution in [-0.2, 0) is 11.3 Å². The van der Waals surface area contributed by atoms with Gasteiger partial charge in [-0.15, -0.1) is 0 Å². The Morgan fingerprint density at radius 3 is 2.75 bits per heavy atom. The molecule has 0 saturated carbocycles. The summed E-state index contributed by atoms with van der Waals surface area (Å²) in [6, 6.07) is 8.15. The van der Waals surface area contributed by atoms with E-state index in [1.807, 2.05) is 32.0 Å². The van der Waals surface area contributed by atoms with Gasteiger partial charge in [-0.1, -0.05) is 30.0 Å². The SMILES string of the molecule is CC(C)OCCN(C)Cc1ccccc1C#CCCO. The molecule has 0 atom stereocenters. The van der Waals surface area contributed by atoms with Gasteiger partial charge < -0.3 is 9.84 Å². The average Bonchev–Trinajstić information content (AvgIpc) is 2.40. The van der Waals surface area contributed by atoms with E-state index in [1.165, 1.54) is 5.56 Å². The lowest BCUT2D eigenvalue weighted by molar-refractivity contribution is 0.0627. The second-order valence-corrected chi connectivity index (χ2v) is 5.09. The predicted molar refractivity (Wildman–Crippen MR) is 82.4 cm³/mol. The molecular formula is C17H25NO2. The maximum Gasteiger partial charge on any atom is 0.0596 e. The van der Waals surface area contributed by atoms with Gasteiger partial charge in [-0.05, 0) is 32.5 Å². The van der Waals surface area contributed by atoms with E-state index < -0.39 is 0 Å². The Kier molecular flexibility index (Phi) is 7.98. The molecule has 1 rings (SSSR count). The molecule has 0 amide bonds. The molecule has 20 heavy (non-hydrogen) atoms. The first-order chi connectivity index (χ1) is 9.63. The number of hydrogen-bond acceptors (Lipinski definition) is 3. The van der Waals surface area contributed by atoms with Crippen LogP contribution in [-0.4, -0.2) is 42.9 Å². The molecule has 0 aromatic heterocycles. The summed E-state index contributed by atoms with van der Waals surface area (Å²) >= 11 is 0. The number of aliphatic hydroxyl groups excluding tert-OH is 1. The zero-order valence-corrected chi connectivity index (χ0v) is 12.7. The second-order valence-electron chi connectivity index (χ2n) is 5.09. The first kappa shape index (κ1) is 16.7. The summed E-state index contributed by atoms with van der Waals surface area (Å²) in [4.78, 5) is 2.23. The molecule has 0 heterocycles. The standard InChI is InChI=1S/C17H25NO2/c1-15(2)20-13-11-18(3)14-17-10-5-4-8-16(17)9-6-7-12-19/h4-5,8,10,15,19H,7,11-14H2,1-3H3. The van der Waals surface area contributed by atoms with Crippen molar-refractivity contribution in [3.8, 4) is 11.8 Å². The third-order valence-electron chi connectivity index (χ3n) is 2.84. The van der Waals surface area contributed by atoms with Crippen molar-refractivity contribution in [1.29, 1.82) is 0 Å². The van der Waals surface area contributed by atoms with Crippen molar-refractivity contribution in [2.24, 2.45) is 0 Å². The molecule has 0 aliphatic carbocycles. The van der Waals surface area contributed by atoms with Crippen LogP contribution in [0.1, 0.15) is 31.4 Å². The number of aliphatic hydroxyl groups is 1. The first-order valence-electron chi connectivity index (χ1n) is 7.11. The number of rotatable bonds is 7. The molecule has 0 saturated heterocycles. The molecule has 0 bridgehead atoms. The van der Waals surface area contributed by atoms with Crippen molar-refractivity contribution in [2.75, 3.05) is 26.8 Å². The fourth-order valence-corrected chi connectivity index (χ4v) is 1.81. The minimum Gasteiger partial charge on any atom is -0.395 e. The highest BCUT2D eigenvalue weighted by Gasteiger charge is 2.04. The van der Waals surface area contributed by atoms with Crippen LogP contribution < -0.4 is 0 Å². The molecule has 0 spiro atoms. The molecule has 1 aromatic rings. The molecule has 0 radical (unpaired) electrons. The lowest BCUT2D eigenvalue weighted by atomic mass is 10.1. The molecule has 3 nitrogen and oxygen atoms in total. The van der Waals surface area contributed by atoms with Gasteiger partial charge in [0, 0.05) is 25.1 Å². The lowest BCUT2D eigenvalue weighted by Gasteiger charge is -2.18. The number of nitrogens with zero attached hydrogens (tertiary/aromatic N) is 1.